The third-order valence-electron chi connectivity index (χ3n) is 3.41. The van der Waals surface area contributed by atoms with E-state index in [0.29, 0.717) is 11.4 Å². The van der Waals surface area contributed by atoms with Gasteiger partial charge in [-0.3, -0.25) is 15.1 Å². The minimum atomic E-state index is -0.439. The molecule has 0 atom stereocenters. The number of aromatic nitrogens is 2. The van der Waals surface area contributed by atoms with Crippen LogP contribution >= 0.6 is 0 Å². The quantitative estimate of drug-likeness (QED) is 0.599. The van der Waals surface area contributed by atoms with Crippen molar-refractivity contribution in [3.05, 3.63) is 64.7 Å². The van der Waals surface area contributed by atoms with Crippen LogP contribution < -0.4 is 4.90 Å². The van der Waals surface area contributed by atoms with Gasteiger partial charge < -0.3 is 9.80 Å². The van der Waals surface area contributed by atoms with Crippen molar-refractivity contribution >= 4 is 29.3 Å². The number of nitro groups is 1. The summed E-state index contributed by atoms with van der Waals surface area (Å²) in [5.41, 5.74) is 2.16. The zero-order chi connectivity index (χ0) is 17.7. The van der Waals surface area contributed by atoms with E-state index in [1.54, 1.807) is 36.8 Å². The fraction of sp³-hybridized carbons (Fsp3) is 0.176. The Bertz CT molecular complexity index is 786. The summed E-state index contributed by atoms with van der Waals surface area (Å²) in [5, 5.41) is 11.2. The molecular formula is C17H19N5O2. The van der Waals surface area contributed by atoms with Crippen molar-refractivity contribution < 1.29 is 4.92 Å². The largest absolute Gasteiger partial charge is 0.383 e. The highest BCUT2D eigenvalue weighted by Crippen LogP contribution is 2.29. The summed E-state index contributed by atoms with van der Waals surface area (Å²) in [7, 11) is 5.53. The van der Waals surface area contributed by atoms with Crippen molar-refractivity contribution in [1.82, 2.24) is 14.9 Å². The van der Waals surface area contributed by atoms with E-state index in [9.17, 15) is 10.1 Å². The number of hydrogen-bond acceptors (Lipinski definition) is 6. The second-order valence-corrected chi connectivity index (χ2v) is 5.34. The molecule has 0 fully saturated rings. The van der Waals surface area contributed by atoms with Crippen LogP contribution in [0.5, 0.6) is 0 Å². The molecule has 0 bridgehead atoms. The summed E-state index contributed by atoms with van der Waals surface area (Å²) < 4.78 is 0. The highest BCUT2D eigenvalue weighted by atomic mass is 16.6. The van der Waals surface area contributed by atoms with Gasteiger partial charge in [0.2, 0.25) is 0 Å². The molecule has 24 heavy (non-hydrogen) atoms. The van der Waals surface area contributed by atoms with Gasteiger partial charge in [0, 0.05) is 32.9 Å². The zero-order valence-corrected chi connectivity index (χ0v) is 13.9. The van der Waals surface area contributed by atoms with Crippen molar-refractivity contribution in [3.8, 4) is 0 Å². The van der Waals surface area contributed by atoms with Crippen LogP contribution in [0.4, 0.5) is 17.2 Å². The number of nitrogens with zero attached hydrogens (tertiary/aromatic N) is 5. The van der Waals surface area contributed by atoms with Gasteiger partial charge in [0.15, 0.2) is 0 Å². The van der Waals surface area contributed by atoms with Gasteiger partial charge in [0.1, 0.15) is 12.0 Å². The molecule has 0 saturated carbocycles. The average Bonchev–Trinajstić information content (AvgIpc) is 2.58. The minimum Gasteiger partial charge on any atom is -0.383 e. The van der Waals surface area contributed by atoms with Crippen molar-refractivity contribution in [2.45, 2.75) is 0 Å². The summed E-state index contributed by atoms with van der Waals surface area (Å²) in [6.07, 6.45) is 9.83. The van der Waals surface area contributed by atoms with E-state index in [1.807, 2.05) is 37.0 Å². The lowest BCUT2D eigenvalue weighted by molar-refractivity contribution is -0.385. The van der Waals surface area contributed by atoms with Gasteiger partial charge in [-0.1, -0.05) is 12.7 Å². The average molecular weight is 325 g/mol. The van der Waals surface area contributed by atoms with Gasteiger partial charge in [-0.25, -0.2) is 4.98 Å². The number of rotatable bonds is 6. The highest BCUT2D eigenvalue weighted by molar-refractivity contribution is 5.73. The van der Waals surface area contributed by atoms with Crippen LogP contribution in [-0.4, -0.2) is 40.9 Å². The Morgan fingerprint density at radius 1 is 1.25 bits per heavy atom. The number of hydrogen-bond donors (Lipinski definition) is 0. The van der Waals surface area contributed by atoms with E-state index in [2.05, 4.69) is 16.5 Å². The van der Waals surface area contributed by atoms with Gasteiger partial charge in [-0.05, 0) is 24.4 Å². The summed E-state index contributed by atoms with van der Waals surface area (Å²) in [6, 6.07) is 3.52. The molecule has 0 unspecified atom stereocenters. The fourth-order valence-corrected chi connectivity index (χ4v) is 2.12. The van der Waals surface area contributed by atoms with Crippen LogP contribution in [0.1, 0.15) is 11.1 Å². The van der Waals surface area contributed by atoms with Crippen LogP contribution in [-0.2, 0) is 0 Å². The third-order valence-corrected chi connectivity index (χ3v) is 3.41. The Morgan fingerprint density at radius 2 is 2.00 bits per heavy atom. The molecule has 2 heterocycles. The lowest BCUT2D eigenvalue weighted by Crippen LogP contribution is -2.13. The first-order chi connectivity index (χ1) is 11.4. The fourth-order valence-electron chi connectivity index (χ4n) is 2.12. The van der Waals surface area contributed by atoms with Crippen LogP contribution in [0, 0.1) is 10.1 Å². The van der Waals surface area contributed by atoms with Crippen LogP contribution in [0.2, 0.25) is 0 Å². The Morgan fingerprint density at radius 3 is 2.62 bits per heavy atom. The molecule has 124 valence electrons. The van der Waals surface area contributed by atoms with E-state index in [0.717, 1.165) is 11.3 Å². The molecule has 2 rings (SSSR count). The molecule has 2 aromatic rings. The molecular weight excluding hydrogens is 306 g/mol. The molecule has 0 N–H and O–H groups in total. The van der Waals surface area contributed by atoms with Crippen LogP contribution in [0.25, 0.3) is 12.2 Å². The van der Waals surface area contributed by atoms with Crippen LogP contribution in [0.15, 0.2) is 43.5 Å². The Kier molecular flexibility index (Phi) is 5.26. The van der Waals surface area contributed by atoms with Gasteiger partial charge in [-0.15, -0.1) is 0 Å². The maximum absolute atomic E-state index is 11.2. The van der Waals surface area contributed by atoms with E-state index in [-0.39, 0.29) is 5.69 Å². The second kappa shape index (κ2) is 7.36. The van der Waals surface area contributed by atoms with Crippen molar-refractivity contribution in [3.63, 3.8) is 0 Å². The second-order valence-electron chi connectivity index (χ2n) is 5.34. The first-order valence-corrected chi connectivity index (χ1v) is 7.23. The monoisotopic (exact) mass is 325 g/mol. The predicted molar refractivity (Wildman–Crippen MR) is 96.0 cm³/mol. The number of anilines is 2. The predicted octanol–water partition coefficient (Wildman–Crippen LogP) is 3.33. The molecule has 2 aromatic heterocycles. The first kappa shape index (κ1) is 17.1. The Labute approximate surface area is 140 Å². The third kappa shape index (κ3) is 3.75. The summed E-state index contributed by atoms with van der Waals surface area (Å²) >= 11 is 0. The molecule has 0 aliphatic rings. The topological polar surface area (TPSA) is 75.4 Å². The summed E-state index contributed by atoms with van der Waals surface area (Å²) in [5.74, 6) is 0.579. The molecule has 0 amide bonds. The standard InChI is InChI=1S/C17H19N5O2/c1-5-13-6-8-18-11-15(13)21(4)17-10-14(7-9-20(2)3)16(12-19-17)22(23)24/h5-12H,1H2,2-4H3/b9-7+. The summed E-state index contributed by atoms with van der Waals surface area (Å²) in [6.45, 7) is 3.79. The minimum absolute atomic E-state index is 0.0413. The molecule has 0 saturated heterocycles. The first-order valence-electron chi connectivity index (χ1n) is 7.23. The maximum atomic E-state index is 11.2. The smallest absolute Gasteiger partial charge is 0.294 e. The molecule has 0 aliphatic carbocycles. The molecule has 7 nitrogen and oxygen atoms in total. The zero-order valence-electron chi connectivity index (χ0n) is 13.9. The molecule has 7 heteroatoms. The van der Waals surface area contributed by atoms with E-state index in [1.165, 1.54) is 6.20 Å². The van der Waals surface area contributed by atoms with Gasteiger partial charge >= 0.3 is 0 Å². The van der Waals surface area contributed by atoms with Gasteiger partial charge in [-0.2, -0.15) is 0 Å². The van der Waals surface area contributed by atoms with E-state index >= 15 is 0 Å². The lowest BCUT2D eigenvalue weighted by atomic mass is 10.2. The van der Waals surface area contributed by atoms with E-state index < -0.39 is 4.92 Å². The maximum Gasteiger partial charge on any atom is 0.294 e. The molecule has 0 radical (unpaired) electrons. The molecule has 0 aromatic carbocycles. The van der Waals surface area contributed by atoms with Crippen molar-refractivity contribution in [2.75, 3.05) is 26.0 Å². The van der Waals surface area contributed by atoms with Gasteiger partial charge in [0.25, 0.3) is 5.69 Å². The van der Waals surface area contributed by atoms with E-state index in [4.69, 9.17) is 0 Å². The SMILES string of the molecule is C=Cc1ccncc1N(C)c1cc(/C=C/N(C)C)c([N+](=O)[O-])cn1. The molecule has 0 spiro atoms. The number of pyridine rings is 2. The molecule has 0 aliphatic heterocycles. The van der Waals surface area contributed by atoms with Crippen LogP contribution in [0.3, 0.4) is 0 Å². The lowest BCUT2D eigenvalue weighted by Gasteiger charge is -2.20. The Balaban J connectivity index is 2.49. The van der Waals surface area contributed by atoms with Crippen molar-refractivity contribution in [1.29, 1.82) is 0 Å². The highest BCUT2D eigenvalue weighted by Gasteiger charge is 2.16. The normalized spacial score (nSPS) is 10.6. The Hall–Kier alpha value is -3.22. The van der Waals surface area contributed by atoms with Gasteiger partial charge in [0.05, 0.1) is 22.4 Å². The van der Waals surface area contributed by atoms with Crippen molar-refractivity contribution in [2.24, 2.45) is 0 Å². The summed E-state index contributed by atoms with van der Waals surface area (Å²) in [4.78, 5) is 22.7.